The molecule has 7 heteroatoms. The summed E-state index contributed by atoms with van der Waals surface area (Å²) in [6, 6.07) is 15.2. The zero-order valence-corrected chi connectivity index (χ0v) is 18.3. The van der Waals surface area contributed by atoms with Crippen molar-refractivity contribution in [2.24, 2.45) is 0 Å². The van der Waals surface area contributed by atoms with Crippen molar-refractivity contribution >= 4 is 16.8 Å². The Morgan fingerprint density at radius 3 is 2.56 bits per heavy atom. The molecule has 2 bridgehead atoms. The number of aryl methyl sites for hydroxylation is 1. The Morgan fingerprint density at radius 1 is 1.12 bits per heavy atom. The lowest BCUT2D eigenvalue weighted by molar-refractivity contribution is -0.0843. The van der Waals surface area contributed by atoms with Gasteiger partial charge in [0.25, 0.3) is 5.91 Å². The van der Waals surface area contributed by atoms with E-state index in [1.807, 2.05) is 41.1 Å². The number of nitrogens with zero attached hydrogens (tertiary/aromatic N) is 3. The molecule has 2 fully saturated rings. The zero-order chi connectivity index (χ0) is 22.1. The van der Waals surface area contributed by atoms with Gasteiger partial charge in [-0.3, -0.25) is 14.4 Å². The molecule has 3 aromatic rings. The van der Waals surface area contributed by atoms with Crippen LogP contribution in [0.25, 0.3) is 10.9 Å². The van der Waals surface area contributed by atoms with Crippen molar-refractivity contribution in [1.29, 1.82) is 0 Å². The topological polar surface area (TPSA) is 59.4 Å². The van der Waals surface area contributed by atoms with Gasteiger partial charge in [0.1, 0.15) is 5.82 Å². The first kappa shape index (κ1) is 21.1. The number of aromatic nitrogens is 2. The van der Waals surface area contributed by atoms with Crippen molar-refractivity contribution in [3.63, 3.8) is 0 Å². The Balaban J connectivity index is 1.30. The number of benzene rings is 2. The number of nitrogens with one attached hydrogen (secondary N) is 1. The maximum absolute atomic E-state index is 13.3. The van der Waals surface area contributed by atoms with Crippen LogP contribution in [0.4, 0.5) is 4.39 Å². The summed E-state index contributed by atoms with van der Waals surface area (Å²) in [7, 11) is 0. The van der Waals surface area contributed by atoms with Gasteiger partial charge in [0, 0.05) is 36.6 Å². The van der Waals surface area contributed by atoms with Gasteiger partial charge in [0.05, 0.1) is 18.7 Å². The normalized spacial score (nSPS) is 23.4. The number of fused-ring (bicyclic) bond motifs is 3. The maximum Gasteiger partial charge on any atom is 0.272 e. The summed E-state index contributed by atoms with van der Waals surface area (Å²) in [6.45, 7) is 4.97. The van der Waals surface area contributed by atoms with E-state index in [1.54, 1.807) is 0 Å². The quantitative estimate of drug-likeness (QED) is 0.640. The molecule has 1 aromatic heterocycles. The summed E-state index contributed by atoms with van der Waals surface area (Å²) in [5.74, 6) is -0.320. The third kappa shape index (κ3) is 4.14. The van der Waals surface area contributed by atoms with E-state index < -0.39 is 0 Å². The summed E-state index contributed by atoms with van der Waals surface area (Å²) in [5.41, 5.74) is 2.60. The Kier molecular flexibility index (Phi) is 5.93. The fourth-order valence-electron chi connectivity index (χ4n) is 5.10. The van der Waals surface area contributed by atoms with Crippen molar-refractivity contribution in [3.8, 4) is 0 Å². The summed E-state index contributed by atoms with van der Waals surface area (Å²) >= 11 is 0. The molecular formula is C25H29FN4O2. The van der Waals surface area contributed by atoms with Crippen LogP contribution >= 0.6 is 0 Å². The molecule has 2 saturated heterocycles. The second-order valence-corrected chi connectivity index (χ2v) is 8.87. The van der Waals surface area contributed by atoms with E-state index in [2.05, 4.69) is 22.2 Å². The lowest BCUT2D eigenvalue weighted by atomic mass is 9.89. The average Bonchev–Trinajstić information content (AvgIpc) is 3.15. The molecule has 2 unspecified atom stereocenters. The van der Waals surface area contributed by atoms with Crippen LogP contribution in [0.1, 0.15) is 42.2 Å². The van der Waals surface area contributed by atoms with Crippen molar-refractivity contribution in [1.82, 2.24) is 20.0 Å². The van der Waals surface area contributed by atoms with Crippen LogP contribution in [0.15, 0.2) is 48.5 Å². The number of para-hydroxylation sites is 1. The van der Waals surface area contributed by atoms with Crippen LogP contribution in [-0.4, -0.2) is 51.9 Å². The summed E-state index contributed by atoms with van der Waals surface area (Å²) in [6.07, 6.45) is 2.62. The number of carbonyl (C=O) groups excluding carboxylic acids is 1. The lowest BCUT2D eigenvalue weighted by Gasteiger charge is -2.48. The van der Waals surface area contributed by atoms with Crippen molar-refractivity contribution in [2.45, 2.75) is 57.4 Å². The molecule has 0 saturated carbocycles. The molecule has 32 heavy (non-hydrogen) atoms. The van der Waals surface area contributed by atoms with E-state index in [0.29, 0.717) is 18.9 Å². The minimum atomic E-state index is -0.215. The Labute approximate surface area is 187 Å². The minimum absolute atomic E-state index is 0.0842. The van der Waals surface area contributed by atoms with Gasteiger partial charge < -0.3 is 10.1 Å². The van der Waals surface area contributed by atoms with Crippen LogP contribution in [0.3, 0.4) is 0 Å². The number of ether oxygens (including phenoxy) is 1. The summed E-state index contributed by atoms with van der Waals surface area (Å²) < 4.78 is 21.0. The number of piperidine rings is 1. The van der Waals surface area contributed by atoms with Gasteiger partial charge >= 0.3 is 0 Å². The number of hydrogen-bond acceptors (Lipinski definition) is 4. The lowest BCUT2D eigenvalue weighted by Crippen LogP contribution is -2.60. The average molecular weight is 437 g/mol. The molecule has 2 aromatic carbocycles. The SMILES string of the molecule is CCCn1nc(C(=O)NC2CC3COCC(C2)N3Cc2ccc(F)cc2)c2ccccc21. The van der Waals surface area contributed by atoms with E-state index in [-0.39, 0.29) is 29.8 Å². The van der Waals surface area contributed by atoms with Crippen molar-refractivity contribution < 1.29 is 13.9 Å². The number of hydrogen-bond donors (Lipinski definition) is 1. The highest BCUT2D eigenvalue weighted by Gasteiger charge is 2.39. The molecule has 1 N–H and O–H groups in total. The van der Waals surface area contributed by atoms with E-state index >= 15 is 0 Å². The molecule has 2 aliphatic rings. The fourth-order valence-corrected chi connectivity index (χ4v) is 5.10. The monoisotopic (exact) mass is 436 g/mol. The molecule has 5 rings (SSSR count). The van der Waals surface area contributed by atoms with Gasteiger partial charge in [-0.05, 0) is 43.0 Å². The predicted octanol–water partition coefficient (Wildman–Crippen LogP) is 3.75. The number of amides is 1. The Bertz CT molecular complexity index is 1080. The molecule has 0 aliphatic carbocycles. The molecule has 168 valence electrons. The van der Waals surface area contributed by atoms with Crippen LogP contribution in [-0.2, 0) is 17.8 Å². The van der Waals surface area contributed by atoms with Gasteiger partial charge in [-0.15, -0.1) is 0 Å². The maximum atomic E-state index is 13.3. The van der Waals surface area contributed by atoms with Crippen molar-refractivity contribution in [2.75, 3.05) is 13.2 Å². The number of halogens is 1. The largest absolute Gasteiger partial charge is 0.378 e. The second kappa shape index (κ2) is 9.00. The molecule has 2 atom stereocenters. The smallest absolute Gasteiger partial charge is 0.272 e. The van der Waals surface area contributed by atoms with E-state index in [1.165, 1.54) is 12.1 Å². The first-order valence-corrected chi connectivity index (χ1v) is 11.5. The highest BCUT2D eigenvalue weighted by molar-refractivity contribution is 6.05. The highest BCUT2D eigenvalue weighted by atomic mass is 19.1. The fraction of sp³-hybridized carbons (Fsp3) is 0.440. The minimum Gasteiger partial charge on any atom is -0.378 e. The third-order valence-electron chi connectivity index (χ3n) is 6.59. The van der Waals surface area contributed by atoms with Crippen LogP contribution in [0, 0.1) is 5.82 Å². The van der Waals surface area contributed by atoms with E-state index in [0.717, 1.165) is 48.8 Å². The van der Waals surface area contributed by atoms with Crippen LogP contribution in [0.5, 0.6) is 0 Å². The Hall–Kier alpha value is -2.77. The molecule has 3 heterocycles. The molecular weight excluding hydrogens is 407 g/mol. The van der Waals surface area contributed by atoms with Gasteiger partial charge in [0.15, 0.2) is 5.69 Å². The van der Waals surface area contributed by atoms with Crippen LogP contribution in [0.2, 0.25) is 0 Å². The molecule has 0 spiro atoms. The predicted molar refractivity (Wildman–Crippen MR) is 121 cm³/mol. The third-order valence-corrected chi connectivity index (χ3v) is 6.59. The molecule has 1 amide bonds. The zero-order valence-electron chi connectivity index (χ0n) is 18.3. The number of carbonyl (C=O) groups is 1. The standard InChI is InChI=1S/C25H29FN4O2/c1-2-11-30-23-6-4-3-5-22(23)24(28-30)25(31)27-19-12-20-15-32-16-21(13-19)29(20)14-17-7-9-18(26)10-8-17/h3-10,19-21H,2,11-16H2,1H3,(H,27,31). The summed E-state index contributed by atoms with van der Waals surface area (Å²) in [5, 5.41) is 8.79. The molecule has 6 nitrogen and oxygen atoms in total. The van der Waals surface area contributed by atoms with Crippen molar-refractivity contribution in [3.05, 3.63) is 65.6 Å². The van der Waals surface area contributed by atoms with Crippen LogP contribution < -0.4 is 5.32 Å². The van der Waals surface area contributed by atoms with Gasteiger partial charge in [-0.1, -0.05) is 37.3 Å². The first-order valence-electron chi connectivity index (χ1n) is 11.5. The van der Waals surface area contributed by atoms with E-state index in [4.69, 9.17) is 4.74 Å². The number of rotatable bonds is 6. The number of morpholine rings is 1. The Morgan fingerprint density at radius 2 is 1.84 bits per heavy atom. The molecule has 0 radical (unpaired) electrons. The second-order valence-electron chi connectivity index (χ2n) is 8.87. The van der Waals surface area contributed by atoms with Gasteiger partial charge in [0.2, 0.25) is 0 Å². The van der Waals surface area contributed by atoms with E-state index in [9.17, 15) is 9.18 Å². The molecule has 2 aliphatic heterocycles. The highest BCUT2D eigenvalue weighted by Crippen LogP contribution is 2.30. The summed E-state index contributed by atoms with van der Waals surface area (Å²) in [4.78, 5) is 15.7. The van der Waals surface area contributed by atoms with Gasteiger partial charge in [-0.25, -0.2) is 4.39 Å². The van der Waals surface area contributed by atoms with Gasteiger partial charge in [-0.2, -0.15) is 5.10 Å². The first-order chi connectivity index (χ1) is 15.6.